The summed E-state index contributed by atoms with van der Waals surface area (Å²) in [6.45, 7) is 12.2. The van der Waals surface area contributed by atoms with Crippen molar-refractivity contribution >= 4 is 33.8 Å². The molecule has 0 unspecified atom stereocenters. The highest BCUT2D eigenvalue weighted by molar-refractivity contribution is 5.84. The van der Waals surface area contributed by atoms with Gasteiger partial charge in [0.05, 0.1) is 10.8 Å². The smallest absolute Gasteiger partial charge is 0.259 e. The van der Waals surface area contributed by atoms with Crippen molar-refractivity contribution in [3.05, 3.63) is 36.7 Å². The fraction of sp³-hybridized carbons (Fsp3) is 0.429. The molecule has 0 saturated heterocycles. The maximum atomic E-state index is 5.43. The van der Waals surface area contributed by atoms with E-state index in [0.29, 0.717) is 23.1 Å². The van der Waals surface area contributed by atoms with Crippen LogP contribution in [0.2, 0.25) is 0 Å². The predicted molar refractivity (Wildman–Crippen MR) is 125 cm³/mol. The van der Waals surface area contributed by atoms with Gasteiger partial charge in [-0.1, -0.05) is 73.1 Å². The molecule has 164 valence electrons. The molecular weight excluding hydrogens is 368 g/mol. The Kier molecular flexibility index (Phi) is 19.2. The molecule has 0 atom stereocenters. The van der Waals surface area contributed by atoms with Crippen molar-refractivity contribution in [2.24, 2.45) is 0 Å². The molecule has 0 spiro atoms. The van der Waals surface area contributed by atoms with Gasteiger partial charge < -0.3 is 20.5 Å². The molecular formula is C21H38N6O2. The van der Waals surface area contributed by atoms with Crippen LogP contribution in [0.4, 0.5) is 11.6 Å². The van der Waals surface area contributed by atoms with Gasteiger partial charge in [-0.3, -0.25) is 0 Å². The van der Waals surface area contributed by atoms with Gasteiger partial charge in [0.2, 0.25) is 0 Å². The zero-order valence-electron chi connectivity index (χ0n) is 16.9. The van der Waals surface area contributed by atoms with Crippen LogP contribution in [0.15, 0.2) is 45.7 Å². The summed E-state index contributed by atoms with van der Waals surface area (Å²) in [5, 5.41) is 8.60. The fourth-order valence-corrected chi connectivity index (χ4v) is 1.60. The summed E-state index contributed by atoms with van der Waals surface area (Å²) in [5.41, 5.74) is 11.8. The maximum Gasteiger partial charge on any atom is 0.259 e. The maximum absolute atomic E-state index is 5.43. The Morgan fingerprint density at radius 1 is 0.724 bits per heavy atom. The van der Waals surface area contributed by atoms with Crippen LogP contribution in [0.3, 0.4) is 0 Å². The SMILES string of the molecule is C.C.CC.CC.CCC.Nc1noc2ncccc12.Nc1noc2ncccc12. The van der Waals surface area contributed by atoms with Gasteiger partial charge in [-0.25, -0.2) is 9.97 Å². The topological polar surface area (TPSA) is 130 Å². The van der Waals surface area contributed by atoms with Crippen LogP contribution in [0, 0.1) is 0 Å². The highest BCUT2D eigenvalue weighted by Crippen LogP contribution is 2.16. The van der Waals surface area contributed by atoms with Crippen molar-refractivity contribution in [3.8, 4) is 0 Å². The molecule has 4 heterocycles. The fourth-order valence-electron chi connectivity index (χ4n) is 1.60. The Balaban J connectivity index is -0.000000340. The quantitative estimate of drug-likeness (QED) is 0.345. The molecule has 4 aromatic rings. The van der Waals surface area contributed by atoms with E-state index >= 15 is 0 Å². The van der Waals surface area contributed by atoms with E-state index in [-0.39, 0.29) is 14.9 Å². The van der Waals surface area contributed by atoms with E-state index < -0.39 is 0 Å². The van der Waals surface area contributed by atoms with Crippen LogP contribution in [0.25, 0.3) is 22.2 Å². The van der Waals surface area contributed by atoms with Crippen LogP contribution in [-0.4, -0.2) is 20.3 Å². The summed E-state index contributed by atoms with van der Waals surface area (Å²) < 4.78 is 9.53. The number of fused-ring (bicyclic) bond motifs is 2. The average Bonchev–Trinajstić information content (AvgIpc) is 3.30. The Morgan fingerprint density at radius 3 is 1.31 bits per heavy atom. The Labute approximate surface area is 174 Å². The van der Waals surface area contributed by atoms with Gasteiger partial charge in [-0.15, -0.1) is 0 Å². The van der Waals surface area contributed by atoms with Gasteiger partial charge in [0.15, 0.2) is 11.6 Å². The molecule has 4 N–H and O–H groups in total. The van der Waals surface area contributed by atoms with Crippen LogP contribution < -0.4 is 11.5 Å². The molecule has 0 saturated carbocycles. The number of hydrogen-bond acceptors (Lipinski definition) is 8. The second-order valence-corrected chi connectivity index (χ2v) is 4.55. The van der Waals surface area contributed by atoms with E-state index in [1.165, 1.54) is 6.42 Å². The first kappa shape index (κ1) is 30.6. The van der Waals surface area contributed by atoms with Crippen molar-refractivity contribution in [3.63, 3.8) is 0 Å². The number of nitrogens with zero attached hydrogens (tertiary/aromatic N) is 4. The van der Waals surface area contributed by atoms with Gasteiger partial charge >= 0.3 is 0 Å². The van der Waals surface area contributed by atoms with E-state index in [0.717, 1.165) is 10.8 Å². The molecule has 0 aliphatic carbocycles. The Bertz CT molecular complexity index is 802. The second kappa shape index (κ2) is 18.2. The summed E-state index contributed by atoms with van der Waals surface area (Å²) in [5.74, 6) is 0.784. The number of rotatable bonds is 0. The normalized spacial score (nSPS) is 8.21. The van der Waals surface area contributed by atoms with Crippen molar-refractivity contribution in [2.75, 3.05) is 11.5 Å². The van der Waals surface area contributed by atoms with Crippen LogP contribution >= 0.6 is 0 Å². The molecule has 0 aliphatic heterocycles. The monoisotopic (exact) mass is 406 g/mol. The third-order valence-corrected chi connectivity index (χ3v) is 2.56. The number of anilines is 2. The lowest BCUT2D eigenvalue weighted by atomic mass is 10.3. The standard InChI is InChI=1S/2C6H5N3O.C3H8.2C2H6.2CH4/c2*7-5-4-2-1-3-8-6(4)10-9-5;1-3-2;2*1-2;;/h2*1-3H,(H2,7,9);3H2,1-2H3;2*1-2H3;2*1H4. The molecule has 8 heteroatoms. The van der Waals surface area contributed by atoms with E-state index in [1.54, 1.807) is 24.5 Å². The second-order valence-electron chi connectivity index (χ2n) is 4.55. The minimum absolute atomic E-state index is 0. The molecule has 0 radical (unpaired) electrons. The Hall–Kier alpha value is -3.16. The minimum Gasteiger partial charge on any atom is -0.380 e. The summed E-state index contributed by atoms with van der Waals surface area (Å²) in [7, 11) is 0. The molecule has 0 aromatic carbocycles. The predicted octanol–water partition coefficient (Wildman–Crippen LogP) is 6.35. The summed E-state index contributed by atoms with van der Waals surface area (Å²) >= 11 is 0. The van der Waals surface area contributed by atoms with Gasteiger partial charge in [0, 0.05) is 12.4 Å². The molecule has 0 fully saturated rings. The highest BCUT2D eigenvalue weighted by atomic mass is 16.5. The zero-order chi connectivity index (χ0) is 20.7. The van der Waals surface area contributed by atoms with Crippen LogP contribution in [0.5, 0.6) is 0 Å². The van der Waals surface area contributed by atoms with Crippen molar-refractivity contribution in [1.82, 2.24) is 20.3 Å². The van der Waals surface area contributed by atoms with Gasteiger partial charge in [0.25, 0.3) is 11.4 Å². The molecule has 0 amide bonds. The first-order valence-electron chi connectivity index (χ1n) is 9.09. The molecule has 0 aliphatic rings. The molecule has 4 rings (SSSR count). The summed E-state index contributed by atoms with van der Waals surface area (Å²) in [6, 6.07) is 7.20. The van der Waals surface area contributed by atoms with Gasteiger partial charge in [-0.05, 0) is 24.3 Å². The lowest BCUT2D eigenvalue weighted by molar-refractivity contribution is 0.452. The number of nitrogen functional groups attached to an aromatic ring is 2. The van der Waals surface area contributed by atoms with E-state index in [2.05, 4.69) is 34.1 Å². The lowest BCUT2D eigenvalue weighted by Crippen LogP contribution is -1.82. The molecule has 29 heavy (non-hydrogen) atoms. The third kappa shape index (κ3) is 9.55. The molecule has 8 nitrogen and oxygen atoms in total. The molecule has 0 bridgehead atoms. The number of aromatic nitrogens is 4. The highest BCUT2D eigenvalue weighted by Gasteiger charge is 2.02. The van der Waals surface area contributed by atoms with Gasteiger partial charge in [-0.2, -0.15) is 0 Å². The van der Waals surface area contributed by atoms with Crippen molar-refractivity contribution < 1.29 is 9.05 Å². The van der Waals surface area contributed by atoms with Crippen molar-refractivity contribution in [2.45, 2.75) is 62.8 Å². The minimum atomic E-state index is 0. The summed E-state index contributed by atoms with van der Waals surface area (Å²) in [6.07, 6.45) is 4.51. The first-order chi connectivity index (χ1) is 13.2. The largest absolute Gasteiger partial charge is 0.380 e. The van der Waals surface area contributed by atoms with E-state index in [1.807, 2.05) is 39.8 Å². The van der Waals surface area contributed by atoms with E-state index in [9.17, 15) is 0 Å². The Morgan fingerprint density at radius 2 is 1.03 bits per heavy atom. The van der Waals surface area contributed by atoms with Crippen LogP contribution in [0.1, 0.15) is 62.8 Å². The first-order valence-corrected chi connectivity index (χ1v) is 9.09. The number of hydrogen-bond donors (Lipinski definition) is 2. The van der Waals surface area contributed by atoms with Crippen LogP contribution in [-0.2, 0) is 0 Å². The zero-order valence-corrected chi connectivity index (χ0v) is 16.9. The number of pyridine rings is 2. The number of nitrogens with two attached hydrogens (primary N) is 2. The molecule has 4 aromatic heterocycles. The van der Waals surface area contributed by atoms with Gasteiger partial charge in [0.1, 0.15) is 0 Å². The lowest BCUT2D eigenvalue weighted by Gasteiger charge is -1.81. The van der Waals surface area contributed by atoms with Crippen molar-refractivity contribution in [1.29, 1.82) is 0 Å². The average molecular weight is 407 g/mol. The van der Waals surface area contributed by atoms with E-state index in [4.69, 9.17) is 20.5 Å². The summed E-state index contributed by atoms with van der Waals surface area (Å²) in [4.78, 5) is 7.79. The third-order valence-electron chi connectivity index (χ3n) is 2.56.